The molecular formula is C68H54N4O. The van der Waals surface area contributed by atoms with Gasteiger partial charge in [-0.2, -0.15) is 0 Å². The number of para-hydroxylation sites is 3. The Morgan fingerprint density at radius 2 is 1.12 bits per heavy atom. The van der Waals surface area contributed by atoms with Crippen LogP contribution in [0.2, 0.25) is 0 Å². The standard InChI is InChI=1S/C68H54N4O/c1-67(2,3)46-34-32-45(33-35-46)52-26-16-29-59-64-51(44-18-8-7-9-19-44)25-15-27-57(64)53-22-10-11-23-54(53)58-28-17-31-61-66(58)71(65(52)59)43-70(61)48-20-14-21-49(41-48)73-50-36-37-56-55-24-12-13-30-60(55)72(62(56)42-50)63-40-47(38-39-69-63)68(4,5)6/h7-42H,1-6H3/i7D,8D,9D,18D,19D. The van der Waals surface area contributed by atoms with E-state index in [4.69, 9.17) is 13.8 Å². The van der Waals surface area contributed by atoms with Gasteiger partial charge in [0, 0.05) is 23.0 Å². The summed E-state index contributed by atoms with van der Waals surface area (Å²) in [6.07, 6.45) is 5.79. The Hall–Kier alpha value is -8.80. The molecule has 0 amide bonds. The van der Waals surface area contributed by atoms with E-state index in [1.165, 1.54) is 11.1 Å². The number of hydrogen-bond acceptors (Lipinski definition) is 2. The molecule has 0 aliphatic carbocycles. The van der Waals surface area contributed by atoms with Crippen LogP contribution in [-0.2, 0) is 10.8 Å². The van der Waals surface area contributed by atoms with Crippen molar-refractivity contribution < 1.29 is 16.2 Å². The molecule has 0 unspecified atom stereocenters. The summed E-state index contributed by atoms with van der Waals surface area (Å²) in [6.45, 7) is 13.3. The fourth-order valence-electron chi connectivity index (χ4n) is 10.8. The van der Waals surface area contributed by atoms with Gasteiger partial charge in [-0.25, -0.2) is 4.98 Å². The molecule has 3 aromatic heterocycles. The molecule has 9 aromatic carbocycles. The first-order valence-electron chi connectivity index (χ1n) is 27.4. The normalized spacial score (nSPS) is 13.2. The van der Waals surface area contributed by atoms with Crippen molar-refractivity contribution in [2.75, 3.05) is 0 Å². The van der Waals surface area contributed by atoms with Crippen LogP contribution in [-0.4, -0.2) is 14.1 Å². The number of aromatic nitrogens is 4. The van der Waals surface area contributed by atoms with Crippen molar-refractivity contribution in [2.24, 2.45) is 0 Å². The molecule has 5 nitrogen and oxygen atoms in total. The van der Waals surface area contributed by atoms with E-state index in [9.17, 15) is 2.74 Å². The van der Waals surface area contributed by atoms with Crippen molar-refractivity contribution in [1.82, 2.24) is 14.1 Å². The molecule has 0 spiro atoms. The second-order valence-electron chi connectivity index (χ2n) is 21.0. The minimum atomic E-state index is -0.435. The van der Waals surface area contributed by atoms with Gasteiger partial charge in [0.15, 0.2) is 0 Å². The molecule has 0 bridgehead atoms. The van der Waals surface area contributed by atoms with Crippen LogP contribution in [0.15, 0.2) is 218 Å². The first kappa shape index (κ1) is 38.9. The van der Waals surface area contributed by atoms with Gasteiger partial charge in [-0.15, -0.1) is 0 Å². The third-order valence-electron chi connectivity index (χ3n) is 14.4. The Morgan fingerprint density at radius 3 is 1.92 bits per heavy atom. The monoisotopic (exact) mass is 947 g/mol. The molecule has 1 aliphatic heterocycles. The summed E-state index contributed by atoms with van der Waals surface area (Å²) in [6, 6.07) is 60.9. The van der Waals surface area contributed by atoms with E-state index >= 15 is 0 Å². The highest BCUT2D eigenvalue weighted by Gasteiger charge is 2.28. The molecule has 0 saturated carbocycles. The van der Waals surface area contributed by atoms with Gasteiger partial charge >= 0.3 is 0 Å². The predicted molar refractivity (Wildman–Crippen MR) is 300 cm³/mol. The second kappa shape index (κ2) is 16.9. The Bertz CT molecular complexity index is 4410. The average molecular weight is 948 g/mol. The van der Waals surface area contributed by atoms with E-state index in [0.717, 1.165) is 94.5 Å². The zero-order chi connectivity index (χ0) is 53.9. The van der Waals surface area contributed by atoms with Crippen molar-refractivity contribution in [3.8, 4) is 84.3 Å². The lowest BCUT2D eigenvalue weighted by molar-refractivity contribution is -0.570. The number of rotatable bonds is 6. The Labute approximate surface area is 433 Å². The summed E-state index contributed by atoms with van der Waals surface area (Å²) in [5, 5.41) is 2.24. The fraction of sp³-hybridized carbons (Fsp3) is 0.118. The highest BCUT2D eigenvalue weighted by molar-refractivity contribution is 6.10. The topological polar surface area (TPSA) is 35.9 Å². The van der Waals surface area contributed by atoms with Gasteiger partial charge in [-0.3, -0.25) is 13.7 Å². The van der Waals surface area contributed by atoms with Crippen LogP contribution in [0.25, 0.3) is 106 Å². The zero-order valence-corrected chi connectivity index (χ0v) is 41.6. The Kier molecular flexibility index (Phi) is 9.02. The molecule has 0 atom stereocenters. The molecule has 1 aliphatic rings. The molecule has 0 saturated heterocycles. The average Bonchev–Trinajstić information content (AvgIpc) is 4.12. The third-order valence-corrected chi connectivity index (χ3v) is 14.4. The molecule has 0 N–H and O–H groups in total. The Balaban J connectivity index is 1.04. The minimum Gasteiger partial charge on any atom is -0.458 e. The highest BCUT2D eigenvalue weighted by Crippen LogP contribution is 2.48. The van der Waals surface area contributed by atoms with E-state index in [0.29, 0.717) is 17.1 Å². The number of benzene rings is 9. The Morgan fingerprint density at radius 1 is 0.493 bits per heavy atom. The van der Waals surface area contributed by atoms with E-state index in [1.54, 1.807) is 0 Å². The van der Waals surface area contributed by atoms with Crippen LogP contribution >= 0.6 is 0 Å². The van der Waals surface area contributed by atoms with Crippen LogP contribution in [0.5, 0.6) is 11.5 Å². The van der Waals surface area contributed by atoms with E-state index in [2.05, 4.69) is 195 Å². The first-order chi connectivity index (χ1) is 37.5. The third kappa shape index (κ3) is 7.45. The first-order valence-corrected chi connectivity index (χ1v) is 24.9. The van der Waals surface area contributed by atoms with Gasteiger partial charge in [0.05, 0.1) is 40.3 Å². The molecule has 4 heterocycles. The van der Waals surface area contributed by atoms with Gasteiger partial charge in [0.1, 0.15) is 17.3 Å². The largest absolute Gasteiger partial charge is 0.458 e. The van der Waals surface area contributed by atoms with Gasteiger partial charge < -0.3 is 4.74 Å². The number of fused-ring (bicyclic) bond motifs is 10. The molecule has 352 valence electrons. The van der Waals surface area contributed by atoms with Crippen molar-refractivity contribution in [2.45, 2.75) is 52.4 Å². The summed E-state index contributed by atoms with van der Waals surface area (Å²) in [5.41, 5.74) is 15.7. The molecule has 13 rings (SSSR count). The van der Waals surface area contributed by atoms with Gasteiger partial charge in [0.2, 0.25) is 0 Å². The van der Waals surface area contributed by atoms with Crippen LogP contribution in [0.3, 0.4) is 0 Å². The maximum absolute atomic E-state index is 9.32. The summed E-state index contributed by atoms with van der Waals surface area (Å²) < 4.78 is 58.2. The quantitative estimate of drug-likeness (QED) is 0.123. The molecule has 5 heteroatoms. The lowest BCUT2D eigenvalue weighted by atomic mass is 9.83. The summed E-state index contributed by atoms with van der Waals surface area (Å²) in [5.74, 6) is 2.17. The SMILES string of the molecule is [2H]c1c([2H])c([2H])c(-c2cccc3c2-c2cccc(-c4ccc(C(C)(C)C)cc4)c2-[n+]2[c-]n(-c4cccc(Oc5ccc6c7ccccc7n(-c7cc(C(C)(C)C)ccn7)c6c5)c4)c4cccc(c42)-c2ccccc2-3)c([2H])c1[2H]. The zero-order valence-electron chi connectivity index (χ0n) is 46.6. The van der Waals surface area contributed by atoms with Gasteiger partial charge in [-0.05, 0) is 126 Å². The van der Waals surface area contributed by atoms with Gasteiger partial charge in [-0.1, -0.05) is 199 Å². The number of hydrogen-bond donors (Lipinski definition) is 0. The highest BCUT2D eigenvalue weighted by atomic mass is 16.5. The number of imidazole rings is 1. The number of nitrogens with zero attached hydrogens (tertiary/aromatic N) is 4. The van der Waals surface area contributed by atoms with E-state index < -0.39 is 6.04 Å². The summed E-state index contributed by atoms with van der Waals surface area (Å²) in [4.78, 5) is 4.90. The summed E-state index contributed by atoms with van der Waals surface area (Å²) >= 11 is 0. The lowest BCUT2D eigenvalue weighted by Crippen LogP contribution is -2.32. The van der Waals surface area contributed by atoms with Crippen LogP contribution in [0.4, 0.5) is 0 Å². The van der Waals surface area contributed by atoms with Crippen LogP contribution in [0, 0.1) is 6.33 Å². The molecule has 73 heavy (non-hydrogen) atoms. The summed E-state index contributed by atoms with van der Waals surface area (Å²) in [7, 11) is 0. The van der Waals surface area contributed by atoms with Crippen molar-refractivity contribution in [3.05, 3.63) is 236 Å². The van der Waals surface area contributed by atoms with E-state index in [-0.39, 0.29) is 40.6 Å². The van der Waals surface area contributed by atoms with Crippen LogP contribution in [0.1, 0.15) is 59.5 Å². The number of ether oxygens (including phenoxy) is 1. The molecule has 0 radical (unpaired) electrons. The lowest BCUT2D eigenvalue weighted by Gasteiger charge is -2.22. The van der Waals surface area contributed by atoms with Gasteiger partial charge in [0.25, 0.3) is 6.33 Å². The predicted octanol–water partition coefficient (Wildman–Crippen LogP) is 17.2. The maximum Gasteiger partial charge on any atom is 0.269 e. The van der Waals surface area contributed by atoms with Crippen molar-refractivity contribution in [3.63, 3.8) is 0 Å². The van der Waals surface area contributed by atoms with Crippen molar-refractivity contribution in [1.29, 1.82) is 0 Å². The molecule has 0 fully saturated rings. The second-order valence-corrected chi connectivity index (χ2v) is 21.0. The maximum atomic E-state index is 9.32. The minimum absolute atomic E-state index is 0.0600. The molecular weight excluding hydrogens is 889 g/mol. The number of pyridine rings is 1. The fourth-order valence-corrected chi connectivity index (χ4v) is 10.8. The van der Waals surface area contributed by atoms with E-state index in [1.807, 2.05) is 54.7 Å². The molecule has 12 aromatic rings. The van der Waals surface area contributed by atoms with Crippen LogP contribution < -0.4 is 9.30 Å². The smallest absolute Gasteiger partial charge is 0.269 e. The van der Waals surface area contributed by atoms with Crippen molar-refractivity contribution >= 4 is 32.8 Å².